The fourth-order valence-corrected chi connectivity index (χ4v) is 2.98. The molecule has 0 aliphatic heterocycles. The molecule has 0 atom stereocenters. The molecule has 0 radical (unpaired) electrons. The number of nitrogens with zero attached hydrogens (tertiary/aromatic N) is 1. The monoisotopic (exact) mass is 483 g/mol. The molecule has 2 aromatic rings. The molecule has 0 aromatic heterocycles. The van der Waals surface area contributed by atoms with Gasteiger partial charge in [-0.3, -0.25) is 0 Å². The van der Waals surface area contributed by atoms with Crippen LogP contribution in [0.5, 0.6) is 11.5 Å². The maximum atomic E-state index is 11.8. The van der Waals surface area contributed by atoms with Crippen LogP contribution >= 0.6 is 39.1 Å². The first-order valence-electron chi connectivity index (χ1n) is 8.12. The number of carbonyl (C=O) groups excluding carboxylic acids is 1. The zero-order chi connectivity index (χ0) is 20.7. The minimum absolute atomic E-state index is 0.117. The number of halogens is 3. The smallest absolute Gasteiger partial charge is 0.348 e. The fourth-order valence-electron chi connectivity index (χ4n) is 2.23. The topological polar surface area (TPSA) is 68.6 Å². The lowest BCUT2D eigenvalue weighted by molar-refractivity contribution is -0.137. The molecule has 28 heavy (non-hydrogen) atoms. The molecule has 0 N–H and O–H groups in total. The van der Waals surface area contributed by atoms with Crippen molar-refractivity contribution in [3.05, 3.63) is 61.5 Å². The number of nitriles is 1. The van der Waals surface area contributed by atoms with Crippen LogP contribution in [0.15, 0.2) is 40.4 Å². The van der Waals surface area contributed by atoms with Gasteiger partial charge in [0.1, 0.15) is 18.2 Å². The summed E-state index contributed by atoms with van der Waals surface area (Å²) in [7, 11) is 1.50. The van der Waals surface area contributed by atoms with E-state index in [1.165, 1.54) is 13.2 Å². The molecule has 5 nitrogen and oxygen atoms in total. The molecule has 0 saturated heterocycles. The molecule has 0 spiro atoms. The summed E-state index contributed by atoms with van der Waals surface area (Å²) in [5, 5.41) is 10.1. The second-order valence-electron chi connectivity index (χ2n) is 5.45. The molecule has 0 aliphatic rings. The zero-order valence-corrected chi connectivity index (χ0v) is 18.2. The van der Waals surface area contributed by atoms with Gasteiger partial charge in [-0.25, -0.2) is 4.79 Å². The molecule has 0 heterocycles. The van der Waals surface area contributed by atoms with E-state index in [9.17, 15) is 10.1 Å². The SMILES string of the molecule is CCOC(=O)/C(C#N)=C\c1cc(OC)c(OCc2ccc(Cl)c(Cl)c2)cc1Br. The maximum absolute atomic E-state index is 11.8. The van der Waals surface area contributed by atoms with Gasteiger partial charge in [0.15, 0.2) is 11.5 Å². The van der Waals surface area contributed by atoms with E-state index in [4.69, 9.17) is 37.4 Å². The summed E-state index contributed by atoms with van der Waals surface area (Å²) < 4.78 is 16.7. The Morgan fingerprint density at radius 1 is 1.21 bits per heavy atom. The Morgan fingerprint density at radius 3 is 2.57 bits per heavy atom. The second-order valence-corrected chi connectivity index (χ2v) is 7.12. The van der Waals surface area contributed by atoms with Crippen molar-refractivity contribution >= 4 is 51.2 Å². The van der Waals surface area contributed by atoms with Gasteiger partial charge in [0.25, 0.3) is 0 Å². The second kappa shape index (κ2) is 10.4. The molecule has 0 amide bonds. The summed E-state index contributed by atoms with van der Waals surface area (Å²) >= 11 is 15.4. The van der Waals surface area contributed by atoms with Crippen LogP contribution in [0.25, 0.3) is 6.08 Å². The summed E-state index contributed by atoms with van der Waals surface area (Å²) in [5.74, 6) is 0.235. The largest absolute Gasteiger partial charge is 0.493 e. The Kier molecular flexibility index (Phi) is 8.18. The number of carbonyl (C=O) groups is 1. The van der Waals surface area contributed by atoms with Crippen molar-refractivity contribution in [1.29, 1.82) is 5.26 Å². The Bertz CT molecular complexity index is 954. The van der Waals surface area contributed by atoms with Crippen LogP contribution in [-0.4, -0.2) is 19.7 Å². The van der Waals surface area contributed by atoms with E-state index in [0.29, 0.717) is 31.6 Å². The molecular weight excluding hydrogens is 469 g/mol. The van der Waals surface area contributed by atoms with E-state index in [1.54, 1.807) is 31.2 Å². The normalized spacial score (nSPS) is 10.9. The molecule has 0 saturated carbocycles. The highest BCUT2D eigenvalue weighted by Crippen LogP contribution is 2.35. The number of hydrogen-bond donors (Lipinski definition) is 0. The van der Waals surface area contributed by atoms with Gasteiger partial charge in [-0.1, -0.05) is 45.2 Å². The Hall–Kier alpha value is -2.20. The Balaban J connectivity index is 2.28. The molecular formula is C20H16BrCl2NO4. The Morgan fingerprint density at radius 2 is 1.96 bits per heavy atom. The first-order chi connectivity index (χ1) is 13.4. The lowest BCUT2D eigenvalue weighted by atomic mass is 10.1. The van der Waals surface area contributed by atoms with E-state index in [-0.39, 0.29) is 18.8 Å². The standard InChI is InChI=1S/C20H16BrCl2NO4/c1-3-27-20(25)14(10-24)7-13-8-18(26-2)19(9-15(13)21)28-11-12-4-5-16(22)17(23)6-12/h4-9H,3,11H2,1-2H3/b14-7-. The van der Waals surface area contributed by atoms with Gasteiger partial charge in [0.05, 0.1) is 23.8 Å². The molecule has 0 fully saturated rings. The van der Waals surface area contributed by atoms with Crippen molar-refractivity contribution in [2.75, 3.05) is 13.7 Å². The van der Waals surface area contributed by atoms with Gasteiger partial charge in [-0.2, -0.15) is 5.26 Å². The molecule has 0 unspecified atom stereocenters. The predicted octanol–water partition coefficient (Wildman–Crippen LogP) is 5.81. The minimum Gasteiger partial charge on any atom is -0.493 e. The van der Waals surface area contributed by atoms with Crippen LogP contribution in [0, 0.1) is 11.3 Å². The summed E-state index contributed by atoms with van der Waals surface area (Å²) in [6, 6.07) is 10.4. The quantitative estimate of drug-likeness (QED) is 0.281. The van der Waals surface area contributed by atoms with Gasteiger partial charge >= 0.3 is 5.97 Å². The van der Waals surface area contributed by atoms with Gasteiger partial charge in [-0.15, -0.1) is 0 Å². The van der Waals surface area contributed by atoms with Crippen molar-refractivity contribution in [2.45, 2.75) is 13.5 Å². The number of hydrogen-bond acceptors (Lipinski definition) is 5. The third-order valence-electron chi connectivity index (χ3n) is 3.58. The first kappa shape index (κ1) is 22.1. The van der Waals surface area contributed by atoms with E-state index in [1.807, 2.05) is 12.1 Å². The number of ether oxygens (including phenoxy) is 3. The van der Waals surface area contributed by atoms with Gasteiger partial charge < -0.3 is 14.2 Å². The van der Waals surface area contributed by atoms with E-state index in [0.717, 1.165) is 5.56 Å². The van der Waals surface area contributed by atoms with Crippen LogP contribution in [0.2, 0.25) is 10.0 Å². The molecule has 2 aromatic carbocycles. The molecule has 0 bridgehead atoms. The number of rotatable bonds is 7. The van der Waals surface area contributed by atoms with Crippen LogP contribution in [0.1, 0.15) is 18.1 Å². The van der Waals surface area contributed by atoms with Crippen LogP contribution in [-0.2, 0) is 16.1 Å². The summed E-state index contributed by atoms with van der Waals surface area (Å²) in [4.78, 5) is 11.8. The highest BCUT2D eigenvalue weighted by Gasteiger charge is 2.14. The molecule has 8 heteroatoms. The van der Waals surface area contributed by atoms with E-state index in [2.05, 4.69) is 15.9 Å². The van der Waals surface area contributed by atoms with Crippen molar-refractivity contribution in [2.24, 2.45) is 0 Å². The van der Waals surface area contributed by atoms with Gasteiger partial charge in [-0.05, 0) is 48.4 Å². The average Bonchev–Trinajstić information content (AvgIpc) is 2.68. The number of benzene rings is 2. The van der Waals surface area contributed by atoms with Gasteiger partial charge in [0.2, 0.25) is 0 Å². The zero-order valence-electron chi connectivity index (χ0n) is 15.1. The van der Waals surface area contributed by atoms with Crippen LogP contribution in [0.4, 0.5) is 0 Å². The number of methoxy groups -OCH3 is 1. The highest BCUT2D eigenvalue weighted by atomic mass is 79.9. The maximum Gasteiger partial charge on any atom is 0.348 e. The molecule has 146 valence electrons. The average molecular weight is 485 g/mol. The van der Waals surface area contributed by atoms with Crippen LogP contribution < -0.4 is 9.47 Å². The van der Waals surface area contributed by atoms with Crippen molar-refractivity contribution in [3.63, 3.8) is 0 Å². The molecule has 0 aliphatic carbocycles. The van der Waals surface area contributed by atoms with E-state index >= 15 is 0 Å². The van der Waals surface area contributed by atoms with E-state index < -0.39 is 5.97 Å². The third-order valence-corrected chi connectivity index (χ3v) is 5.00. The van der Waals surface area contributed by atoms with Crippen molar-refractivity contribution in [3.8, 4) is 17.6 Å². The third kappa shape index (κ3) is 5.65. The fraction of sp³-hybridized carbons (Fsp3) is 0.200. The predicted molar refractivity (Wildman–Crippen MR) is 112 cm³/mol. The molecule has 2 rings (SSSR count). The van der Waals surface area contributed by atoms with Crippen molar-refractivity contribution in [1.82, 2.24) is 0 Å². The summed E-state index contributed by atoms with van der Waals surface area (Å²) in [5.41, 5.74) is 1.29. The summed E-state index contributed by atoms with van der Waals surface area (Å²) in [6.07, 6.45) is 1.42. The lowest BCUT2D eigenvalue weighted by Crippen LogP contribution is -2.06. The van der Waals surface area contributed by atoms with Gasteiger partial charge in [0, 0.05) is 4.47 Å². The number of esters is 1. The van der Waals surface area contributed by atoms with Crippen molar-refractivity contribution < 1.29 is 19.0 Å². The summed E-state index contributed by atoms with van der Waals surface area (Å²) in [6.45, 7) is 2.11. The lowest BCUT2D eigenvalue weighted by Gasteiger charge is -2.13. The highest BCUT2D eigenvalue weighted by molar-refractivity contribution is 9.10. The van der Waals surface area contributed by atoms with Crippen LogP contribution in [0.3, 0.4) is 0 Å². The first-order valence-corrected chi connectivity index (χ1v) is 9.67. The minimum atomic E-state index is -0.684. The Labute approximate surface area is 181 Å².